The highest BCUT2D eigenvalue weighted by Gasteiger charge is 2.47. The quantitative estimate of drug-likeness (QED) is 0.506. The summed E-state index contributed by atoms with van der Waals surface area (Å²) in [6, 6.07) is 4.35. The second kappa shape index (κ2) is 8.12. The number of rotatable bonds is 5. The summed E-state index contributed by atoms with van der Waals surface area (Å²) in [4.78, 5) is 39.3. The Kier molecular flexibility index (Phi) is 5.71. The van der Waals surface area contributed by atoms with E-state index in [4.69, 9.17) is 0 Å². The number of carbonyl (C=O) groups excluding carboxylic acids is 3. The highest BCUT2D eigenvalue weighted by molar-refractivity contribution is 6.43. The van der Waals surface area contributed by atoms with Gasteiger partial charge in [0.05, 0.1) is 11.3 Å². The molecule has 3 aliphatic rings. The van der Waals surface area contributed by atoms with Crippen LogP contribution in [-0.2, 0) is 11.8 Å². The normalized spacial score (nSPS) is 23.9. The number of halogens is 1. The first-order chi connectivity index (χ1) is 15.5. The van der Waals surface area contributed by atoms with Gasteiger partial charge in [0, 0.05) is 24.0 Å². The predicted octanol–water partition coefficient (Wildman–Crippen LogP) is 4.75. The zero-order valence-corrected chi connectivity index (χ0v) is 20.0. The number of aryl methyl sites for hydroxylation is 1. The fraction of sp³-hybridized carbons (Fsp3) is 0.500. The molecule has 1 aromatic carbocycles. The third kappa shape index (κ3) is 4.09. The number of carbonyl (C=O) groups is 3. The third-order valence-corrected chi connectivity index (χ3v) is 7.99. The first kappa shape index (κ1) is 23.2. The molecule has 0 aliphatic heterocycles. The molecule has 2 bridgehead atoms. The van der Waals surface area contributed by atoms with Gasteiger partial charge in [0.25, 0.3) is 17.6 Å². The monoisotopic (exact) mass is 453 g/mol. The van der Waals surface area contributed by atoms with Crippen molar-refractivity contribution in [2.75, 3.05) is 5.32 Å². The van der Waals surface area contributed by atoms with Gasteiger partial charge < -0.3 is 15.2 Å². The Hall–Kier alpha value is -2.96. The first-order valence-electron chi connectivity index (χ1n) is 11.6. The van der Waals surface area contributed by atoms with Crippen LogP contribution in [0, 0.1) is 32.0 Å². The molecule has 0 saturated heterocycles. The van der Waals surface area contributed by atoms with Crippen LogP contribution in [0.1, 0.15) is 83.1 Å². The van der Waals surface area contributed by atoms with Crippen LogP contribution in [0.4, 0.5) is 10.1 Å². The van der Waals surface area contributed by atoms with Crippen molar-refractivity contribution in [3.05, 3.63) is 52.1 Å². The van der Waals surface area contributed by atoms with Crippen molar-refractivity contribution >= 4 is 23.3 Å². The van der Waals surface area contributed by atoms with Gasteiger partial charge in [-0.25, -0.2) is 4.39 Å². The van der Waals surface area contributed by atoms with Crippen molar-refractivity contribution in [1.29, 1.82) is 0 Å². The minimum Gasteiger partial charge on any atom is -0.344 e. The second-order valence-electron chi connectivity index (χ2n) is 10.3. The molecule has 0 unspecified atom stereocenters. The minimum atomic E-state index is -0.622. The molecule has 0 radical (unpaired) electrons. The fourth-order valence-corrected chi connectivity index (χ4v) is 5.52. The molecule has 2 amide bonds. The Balaban J connectivity index is 1.55. The van der Waals surface area contributed by atoms with Gasteiger partial charge in [0.2, 0.25) is 0 Å². The van der Waals surface area contributed by atoms with Crippen LogP contribution < -0.4 is 10.6 Å². The van der Waals surface area contributed by atoms with E-state index >= 15 is 0 Å². The maximum absolute atomic E-state index is 13.6. The summed E-state index contributed by atoms with van der Waals surface area (Å²) in [7, 11) is 1.69. The number of hydrogen-bond donors (Lipinski definition) is 2. The molecule has 2 aromatic rings. The van der Waals surface area contributed by atoms with Gasteiger partial charge in [-0.1, -0.05) is 6.92 Å². The number of nitrogens with zero attached hydrogens (tertiary/aromatic N) is 1. The molecule has 1 heterocycles. The van der Waals surface area contributed by atoms with E-state index in [1.807, 2.05) is 0 Å². The number of Topliss-reactive ketones (excluding diaryl/α,β-unsaturated/α-hetero) is 1. The molecule has 3 fully saturated rings. The lowest BCUT2D eigenvalue weighted by Crippen LogP contribution is -2.57. The lowest BCUT2D eigenvalue weighted by molar-refractivity contribution is -0.121. The highest BCUT2D eigenvalue weighted by Crippen LogP contribution is 2.51. The number of anilines is 1. The van der Waals surface area contributed by atoms with Crippen LogP contribution in [0.5, 0.6) is 0 Å². The molecule has 33 heavy (non-hydrogen) atoms. The molecule has 3 saturated carbocycles. The Morgan fingerprint density at radius 2 is 1.61 bits per heavy atom. The van der Waals surface area contributed by atoms with Crippen LogP contribution >= 0.6 is 0 Å². The van der Waals surface area contributed by atoms with Gasteiger partial charge in [-0.2, -0.15) is 0 Å². The molecule has 0 atom stereocenters. The lowest BCUT2D eigenvalue weighted by atomic mass is 9.58. The SMILES string of the molecule is Cc1cc(NC(=O)c2c(C)c(C(=O)C(=O)NC34CCC(C)(CC3)CC4)n(C)c2C)ccc1F. The zero-order valence-electron chi connectivity index (χ0n) is 20.0. The van der Waals surface area contributed by atoms with Crippen LogP contribution in [0.15, 0.2) is 18.2 Å². The molecule has 5 rings (SSSR count). The van der Waals surface area contributed by atoms with Crippen molar-refractivity contribution < 1.29 is 18.8 Å². The summed E-state index contributed by atoms with van der Waals surface area (Å²) in [6.45, 7) is 7.36. The molecule has 2 N–H and O–H groups in total. The van der Waals surface area contributed by atoms with E-state index in [-0.39, 0.29) is 17.1 Å². The minimum absolute atomic E-state index is 0.221. The zero-order chi connectivity index (χ0) is 24.1. The van der Waals surface area contributed by atoms with Crippen molar-refractivity contribution in [2.24, 2.45) is 12.5 Å². The smallest absolute Gasteiger partial charge is 0.294 e. The Morgan fingerprint density at radius 3 is 2.18 bits per heavy atom. The molecule has 6 nitrogen and oxygen atoms in total. The highest BCUT2D eigenvalue weighted by atomic mass is 19.1. The molecule has 7 heteroatoms. The van der Waals surface area contributed by atoms with E-state index < -0.39 is 17.6 Å². The topological polar surface area (TPSA) is 80.2 Å². The molecular formula is C26H32FN3O3. The molecule has 3 aliphatic carbocycles. The molecular weight excluding hydrogens is 421 g/mol. The van der Waals surface area contributed by atoms with E-state index in [1.165, 1.54) is 12.1 Å². The summed E-state index contributed by atoms with van der Waals surface area (Å²) >= 11 is 0. The largest absolute Gasteiger partial charge is 0.344 e. The lowest BCUT2D eigenvalue weighted by Gasteiger charge is -2.52. The molecule has 0 spiro atoms. The second-order valence-corrected chi connectivity index (χ2v) is 10.3. The molecule has 176 valence electrons. The van der Waals surface area contributed by atoms with E-state index in [2.05, 4.69) is 17.6 Å². The van der Waals surface area contributed by atoms with E-state index in [0.717, 1.165) is 38.5 Å². The number of ketones is 1. The Labute approximate surface area is 193 Å². The molecule has 1 aromatic heterocycles. The van der Waals surface area contributed by atoms with Gasteiger partial charge in [-0.3, -0.25) is 14.4 Å². The van der Waals surface area contributed by atoms with Gasteiger partial charge >= 0.3 is 0 Å². The average Bonchev–Trinajstić information content (AvgIpc) is 2.99. The average molecular weight is 454 g/mol. The predicted molar refractivity (Wildman–Crippen MR) is 125 cm³/mol. The van der Waals surface area contributed by atoms with Gasteiger partial charge in [-0.15, -0.1) is 0 Å². The summed E-state index contributed by atoms with van der Waals surface area (Å²) in [5.41, 5.74) is 2.58. The van der Waals surface area contributed by atoms with E-state index in [9.17, 15) is 18.8 Å². The van der Waals surface area contributed by atoms with Crippen LogP contribution in [-0.4, -0.2) is 27.7 Å². The van der Waals surface area contributed by atoms with Crippen LogP contribution in [0.3, 0.4) is 0 Å². The van der Waals surface area contributed by atoms with Gasteiger partial charge in [-0.05, 0) is 94.0 Å². The number of hydrogen-bond acceptors (Lipinski definition) is 3. The summed E-state index contributed by atoms with van der Waals surface area (Å²) < 4.78 is 15.2. The number of amides is 2. The summed E-state index contributed by atoms with van der Waals surface area (Å²) in [5.74, 6) is -1.98. The van der Waals surface area contributed by atoms with Crippen LogP contribution in [0.25, 0.3) is 0 Å². The first-order valence-corrected chi connectivity index (χ1v) is 11.6. The number of fused-ring (bicyclic) bond motifs is 3. The third-order valence-electron chi connectivity index (χ3n) is 7.99. The van der Waals surface area contributed by atoms with Crippen LogP contribution in [0.2, 0.25) is 0 Å². The maximum atomic E-state index is 13.6. The maximum Gasteiger partial charge on any atom is 0.294 e. The van der Waals surface area contributed by atoms with E-state index in [1.54, 1.807) is 38.5 Å². The number of benzene rings is 1. The number of aromatic nitrogens is 1. The standard InChI is InChI=1S/C26H32FN3O3/c1-15-14-18(6-7-19(15)27)28-23(32)20-16(2)21(30(5)17(20)3)22(31)24(33)29-26-11-8-25(4,9-12-26)10-13-26/h6-7,14H,8-13H2,1-5H3,(H,28,32)(H,29,33). The van der Waals surface area contributed by atoms with Crippen molar-refractivity contribution in [1.82, 2.24) is 9.88 Å². The van der Waals surface area contributed by atoms with E-state index in [0.29, 0.717) is 33.5 Å². The van der Waals surface area contributed by atoms with Gasteiger partial charge in [0.1, 0.15) is 5.82 Å². The summed E-state index contributed by atoms with van der Waals surface area (Å²) in [6.07, 6.45) is 5.90. The summed E-state index contributed by atoms with van der Waals surface area (Å²) in [5, 5.41) is 5.84. The van der Waals surface area contributed by atoms with Crippen molar-refractivity contribution in [3.63, 3.8) is 0 Å². The van der Waals surface area contributed by atoms with Crippen molar-refractivity contribution in [2.45, 2.75) is 71.8 Å². The van der Waals surface area contributed by atoms with Gasteiger partial charge in [0.15, 0.2) is 0 Å². The van der Waals surface area contributed by atoms with Crippen molar-refractivity contribution in [3.8, 4) is 0 Å². The number of nitrogens with one attached hydrogen (secondary N) is 2. The fourth-order valence-electron chi connectivity index (χ4n) is 5.52. The Bertz CT molecular complexity index is 1140. The Morgan fingerprint density at radius 1 is 1.00 bits per heavy atom.